The molecule has 0 aromatic heterocycles. The summed E-state index contributed by atoms with van der Waals surface area (Å²) in [6.45, 7) is 5.25. The maximum absolute atomic E-state index is 12.1. The van der Waals surface area contributed by atoms with Crippen molar-refractivity contribution in [1.29, 1.82) is 0 Å². The molecule has 3 aliphatic rings. The Morgan fingerprint density at radius 1 is 1.28 bits per heavy atom. The largest absolute Gasteiger partial charge is 0.379 e. The van der Waals surface area contributed by atoms with Crippen LogP contribution in [0, 0.1) is 5.92 Å². The highest BCUT2D eigenvalue weighted by Crippen LogP contribution is 2.32. The van der Waals surface area contributed by atoms with Crippen LogP contribution in [0.2, 0.25) is 0 Å². The van der Waals surface area contributed by atoms with Crippen LogP contribution in [-0.4, -0.2) is 57.2 Å². The van der Waals surface area contributed by atoms with Crippen molar-refractivity contribution in [1.82, 2.24) is 10.2 Å². The molecule has 1 N–H and O–H groups in total. The number of hydrogen-bond acceptors (Lipinski definition) is 4. The monoisotopic (exact) mass is 343 g/mol. The lowest BCUT2D eigenvalue weighted by Gasteiger charge is -2.36. The minimum absolute atomic E-state index is 0.232. The van der Waals surface area contributed by atoms with Crippen molar-refractivity contribution < 1.29 is 9.53 Å². The van der Waals surface area contributed by atoms with Gasteiger partial charge in [0.25, 0.3) is 0 Å². The Morgan fingerprint density at radius 3 is 2.84 bits per heavy atom. The highest BCUT2D eigenvalue weighted by atomic mass is 16.5. The number of carbonyl (C=O) groups excluding carboxylic acids is 1. The molecule has 1 atom stereocenters. The Hall–Kier alpha value is -1.59. The van der Waals surface area contributed by atoms with Gasteiger partial charge >= 0.3 is 0 Å². The molecule has 5 heteroatoms. The molecular weight excluding hydrogens is 314 g/mol. The van der Waals surface area contributed by atoms with Crippen LogP contribution in [-0.2, 0) is 16.0 Å². The first-order chi connectivity index (χ1) is 12.2. The summed E-state index contributed by atoms with van der Waals surface area (Å²) in [5.41, 5.74) is 4.13. The number of nitrogens with zero attached hydrogens (tertiary/aromatic N) is 2. The molecule has 136 valence electrons. The second-order valence-corrected chi connectivity index (χ2v) is 7.60. The predicted octanol–water partition coefficient (Wildman–Crippen LogP) is 1.97. The zero-order valence-corrected chi connectivity index (χ0v) is 15.2. The quantitative estimate of drug-likeness (QED) is 0.888. The molecule has 5 nitrogen and oxygen atoms in total. The van der Waals surface area contributed by atoms with Gasteiger partial charge in [0.1, 0.15) is 0 Å². The van der Waals surface area contributed by atoms with E-state index in [9.17, 15) is 4.79 Å². The number of fused-ring (bicyclic) bond motifs is 1. The first-order valence-electron chi connectivity index (χ1n) is 9.66. The van der Waals surface area contributed by atoms with E-state index in [1.54, 1.807) is 0 Å². The lowest BCUT2D eigenvalue weighted by atomic mass is 9.95. The molecule has 1 aromatic rings. The van der Waals surface area contributed by atoms with Crippen molar-refractivity contribution in [2.45, 2.75) is 31.7 Å². The number of ether oxygens (including phenoxy) is 1. The smallest absolute Gasteiger partial charge is 0.223 e. The summed E-state index contributed by atoms with van der Waals surface area (Å²) in [5, 5.41) is 3.20. The number of benzene rings is 1. The van der Waals surface area contributed by atoms with Gasteiger partial charge in [-0.05, 0) is 42.9 Å². The molecule has 1 amide bonds. The van der Waals surface area contributed by atoms with Gasteiger partial charge in [0.2, 0.25) is 5.91 Å². The van der Waals surface area contributed by atoms with E-state index in [1.165, 1.54) is 23.2 Å². The van der Waals surface area contributed by atoms with Crippen LogP contribution in [0.3, 0.4) is 0 Å². The molecule has 2 aliphatic heterocycles. The van der Waals surface area contributed by atoms with E-state index < -0.39 is 0 Å². The van der Waals surface area contributed by atoms with E-state index in [1.807, 2.05) is 0 Å². The van der Waals surface area contributed by atoms with Gasteiger partial charge in [-0.25, -0.2) is 0 Å². The number of morpholine rings is 1. The average molecular weight is 343 g/mol. The SMILES string of the molecule is CN1CCCc2cc([C@@H](CNC(=O)C3CC3)N3CCOCC3)ccc21. The van der Waals surface area contributed by atoms with Gasteiger partial charge in [-0.2, -0.15) is 0 Å². The van der Waals surface area contributed by atoms with Crippen LogP contribution in [0.5, 0.6) is 0 Å². The number of anilines is 1. The van der Waals surface area contributed by atoms with Gasteiger partial charge in [0.15, 0.2) is 0 Å². The van der Waals surface area contributed by atoms with Crippen LogP contribution >= 0.6 is 0 Å². The van der Waals surface area contributed by atoms with E-state index >= 15 is 0 Å². The number of aryl methyl sites for hydroxylation is 1. The molecule has 0 bridgehead atoms. The fraction of sp³-hybridized carbons (Fsp3) is 0.650. The van der Waals surface area contributed by atoms with Crippen molar-refractivity contribution >= 4 is 11.6 Å². The maximum atomic E-state index is 12.1. The molecule has 2 heterocycles. The minimum Gasteiger partial charge on any atom is -0.379 e. The number of carbonyl (C=O) groups is 1. The third kappa shape index (κ3) is 3.82. The van der Waals surface area contributed by atoms with E-state index in [0.29, 0.717) is 6.54 Å². The Balaban J connectivity index is 1.54. The minimum atomic E-state index is 0.232. The summed E-state index contributed by atoms with van der Waals surface area (Å²) in [5.74, 6) is 0.499. The second kappa shape index (κ2) is 7.34. The van der Waals surface area contributed by atoms with Crippen LogP contribution in [0.4, 0.5) is 5.69 Å². The molecule has 1 saturated heterocycles. The normalized spacial score (nSPS) is 22.4. The third-order valence-corrected chi connectivity index (χ3v) is 5.74. The van der Waals surface area contributed by atoms with Crippen molar-refractivity contribution in [2.75, 3.05) is 51.3 Å². The van der Waals surface area contributed by atoms with Crippen molar-refractivity contribution in [3.63, 3.8) is 0 Å². The number of amides is 1. The third-order valence-electron chi connectivity index (χ3n) is 5.74. The molecule has 0 spiro atoms. The van der Waals surface area contributed by atoms with Crippen LogP contribution in [0.25, 0.3) is 0 Å². The van der Waals surface area contributed by atoms with Crippen molar-refractivity contribution in [2.24, 2.45) is 5.92 Å². The summed E-state index contributed by atoms with van der Waals surface area (Å²) in [6, 6.07) is 7.13. The Labute approximate surface area is 150 Å². The zero-order valence-electron chi connectivity index (χ0n) is 15.2. The highest BCUT2D eigenvalue weighted by Gasteiger charge is 2.31. The average Bonchev–Trinajstić information content (AvgIpc) is 3.48. The van der Waals surface area contributed by atoms with E-state index in [-0.39, 0.29) is 17.9 Å². The highest BCUT2D eigenvalue weighted by molar-refractivity contribution is 5.80. The van der Waals surface area contributed by atoms with E-state index in [4.69, 9.17) is 4.74 Å². The number of hydrogen-bond donors (Lipinski definition) is 1. The summed E-state index contributed by atoms with van der Waals surface area (Å²) in [4.78, 5) is 17.0. The molecular formula is C20H29N3O2. The summed E-state index contributed by atoms with van der Waals surface area (Å²) in [7, 11) is 2.17. The standard InChI is InChI=1S/C20H29N3O2/c1-22-8-2-3-16-13-17(6-7-18(16)22)19(23-9-11-25-12-10-23)14-21-20(24)15-4-5-15/h6-7,13,15,19H,2-5,8-12,14H2,1H3,(H,21,24)/t19-/m1/s1. The number of nitrogens with one attached hydrogen (secondary N) is 1. The lowest BCUT2D eigenvalue weighted by molar-refractivity contribution is -0.122. The second-order valence-electron chi connectivity index (χ2n) is 7.60. The molecule has 1 aliphatic carbocycles. The van der Waals surface area contributed by atoms with Crippen LogP contribution in [0.1, 0.15) is 36.4 Å². The van der Waals surface area contributed by atoms with Crippen LogP contribution in [0.15, 0.2) is 18.2 Å². The summed E-state index contributed by atoms with van der Waals surface area (Å²) < 4.78 is 5.53. The molecule has 1 saturated carbocycles. The topological polar surface area (TPSA) is 44.8 Å². The van der Waals surface area contributed by atoms with Gasteiger partial charge in [0, 0.05) is 44.8 Å². The Morgan fingerprint density at radius 2 is 2.08 bits per heavy atom. The fourth-order valence-electron chi connectivity index (χ4n) is 4.05. The molecule has 4 rings (SSSR count). The molecule has 0 radical (unpaired) electrons. The van der Waals surface area contributed by atoms with Gasteiger partial charge in [-0.15, -0.1) is 0 Å². The summed E-state index contributed by atoms with van der Waals surface area (Å²) >= 11 is 0. The maximum Gasteiger partial charge on any atom is 0.223 e. The first kappa shape index (κ1) is 16.9. The molecule has 2 fully saturated rings. The van der Waals surface area contributed by atoms with E-state index in [0.717, 1.165) is 52.1 Å². The Kier molecular flexibility index (Phi) is 4.95. The summed E-state index contributed by atoms with van der Waals surface area (Å²) in [6.07, 6.45) is 4.48. The van der Waals surface area contributed by atoms with Crippen molar-refractivity contribution in [3.8, 4) is 0 Å². The lowest BCUT2D eigenvalue weighted by Crippen LogP contribution is -2.44. The van der Waals surface area contributed by atoms with Crippen molar-refractivity contribution in [3.05, 3.63) is 29.3 Å². The van der Waals surface area contributed by atoms with E-state index in [2.05, 4.69) is 40.4 Å². The predicted molar refractivity (Wildman–Crippen MR) is 98.9 cm³/mol. The first-order valence-corrected chi connectivity index (χ1v) is 9.66. The number of rotatable bonds is 5. The Bertz CT molecular complexity index is 623. The molecule has 1 aromatic carbocycles. The zero-order chi connectivity index (χ0) is 17.2. The molecule has 25 heavy (non-hydrogen) atoms. The fourth-order valence-corrected chi connectivity index (χ4v) is 4.05. The molecule has 0 unspecified atom stereocenters. The van der Waals surface area contributed by atoms with Gasteiger partial charge < -0.3 is 15.0 Å². The van der Waals surface area contributed by atoms with Gasteiger partial charge in [0.05, 0.1) is 19.3 Å². The van der Waals surface area contributed by atoms with Gasteiger partial charge in [-0.1, -0.05) is 12.1 Å². The van der Waals surface area contributed by atoms with Gasteiger partial charge in [-0.3, -0.25) is 9.69 Å². The van der Waals surface area contributed by atoms with Crippen LogP contribution < -0.4 is 10.2 Å².